The molecule has 6 nitrogen and oxygen atoms in total. The van der Waals surface area contributed by atoms with E-state index in [0.717, 1.165) is 19.3 Å². The van der Waals surface area contributed by atoms with Gasteiger partial charge in [0.05, 0.1) is 11.5 Å². The normalized spacial score (nSPS) is 34.8. The highest BCUT2D eigenvalue weighted by atomic mass is 16.5. The third kappa shape index (κ3) is 2.66. The molecule has 2 N–H and O–H groups in total. The molecule has 21 heavy (non-hydrogen) atoms. The zero-order valence-corrected chi connectivity index (χ0v) is 12.3. The lowest BCUT2D eigenvalue weighted by Crippen LogP contribution is -2.62. The molecule has 3 aliphatic heterocycles. The average Bonchev–Trinajstić information content (AvgIpc) is 2.53. The Balaban J connectivity index is 1.72. The summed E-state index contributed by atoms with van der Waals surface area (Å²) in [6, 6.07) is 0. The first kappa shape index (κ1) is 14.8. The van der Waals surface area contributed by atoms with Crippen molar-refractivity contribution in [2.24, 2.45) is 11.3 Å². The van der Waals surface area contributed by atoms with E-state index >= 15 is 0 Å². The summed E-state index contributed by atoms with van der Waals surface area (Å²) in [6.07, 6.45) is 2.90. The quantitative estimate of drug-likeness (QED) is 0.708. The van der Waals surface area contributed by atoms with E-state index in [4.69, 9.17) is 4.74 Å². The van der Waals surface area contributed by atoms with Crippen LogP contribution in [0, 0.1) is 11.3 Å². The summed E-state index contributed by atoms with van der Waals surface area (Å²) in [7, 11) is 0. The number of nitrogens with one attached hydrogen (secondary N) is 1. The monoisotopic (exact) mass is 296 g/mol. The van der Waals surface area contributed by atoms with Crippen LogP contribution >= 0.6 is 0 Å². The van der Waals surface area contributed by atoms with Crippen LogP contribution in [0.2, 0.25) is 0 Å². The fraction of sp³-hybridized carbons (Fsp3) is 0.867. The van der Waals surface area contributed by atoms with E-state index in [9.17, 15) is 14.7 Å². The number of likely N-dealkylation sites (tertiary alicyclic amines) is 1. The van der Waals surface area contributed by atoms with Crippen molar-refractivity contribution in [3.63, 3.8) is 0 Å². The lowest BCUT2D eigenvalue weighted by atomic mass is 9.71. The summed E-state index contributed by atoms with van der Waals surface area (Å²) in [6.45, 7) is 2.85. The molecule has 3 heterocycles. The molecule has 6 heteroatoms. The maximum absolute atomic E-state index is 12.6. The summed E-state index contributed by atoms with van der Waals surface area (Å²) in [5.41, 5.74) is -0.794. The van der Waals surface area contributed by atoms with Crippen LogP contribution in [-0.2, 0) is 14.3 Å². The number of carbonyl (C=O) groups is 2. The molecule has 0 aromatic carbocycles. The van der Waals surface area contributed by atoms with E-state index in [1.807, 2.05) is 0 Å². The fourth-order valence-corrected chi connectivity index (χ4v) is 3.83. The van der Waals surface area contributed by atoms with Crippen molar-refractivity contribution < 1.29 is 19.4 Å². The van der Waals surface area contributed by atoms with Crippen LogP contribution < -0.4 is 5.32 Å². The van der Waals surface area contributed by atoms with Gasteiger partial charge in [-0.05, 0) is 32.1 Å². The summed E-state index contributed by atoms with van der Waals surface area (Å²) in [4.78, 5) is 26.7. The molecule has 2 amide bonds. The number of hydrogen-bond donors (Lipinski definition) is 2. The second kappa shape index (κ2) is 5.93. The number of aliphatic hydroxyl groups excluding tert-OH is 1. The molecule has 0 aliphatic carbocycles. The Hall–Kier alpha value is -1.14. The lowest BCUT2D eigenvalue weighted by molar-refractivity contribution is -0.157. The van der Waals surface area contributed by atoms with E-state index in [-0.39, 0.29) is 17.7 Å². The molecule has 3 saturated heterocycles. The maximum atomic E-state index is 12.6. The molecular weight excluding hydrogens is 272 g/mol. The predicted molar refractivity (Wildman–Crippen MR) is 75.4 cm³/mol. The Morgan fingerprint density at radius 1 is 1.33 bits per heavy atom. The molecule has 0 bridgehead atoms. The predicted octanol–water partition coefficient (Wildman–Crippen LogP) is -0.0974. The third-order valence-electron chi connectivity index (χ3n) is 5.20. The highest BCUT2D eigenvalue weighted by Gasteiger charge is 2.51. The molecule has 1 spiro atoms. The van der Waals surface area contributed by atoms with Crippen molar-refractivity contribution in [2.45, 2.75) is 38.2 Å². The first-order valence-electron chi connectivity index (χ1n) is 7.96. The van der Waals surface area contributed by atoms with Gasteiger partial charge in [-0.3, -0.25) is 9.59 Å². The molecule has 0 aromatic rings. The molecule has 118 valence electrons. The minimum atomic E-state index is -0.794. The standard InChI is InChI=1S/C15H24N2O4/c18-12-2-7-17(13(19)11-3-8-21-9-4-11)10-15(12)5-1-6-16-14(15)20/h11-12,18H,1-10H2,(H,16,20)/t12-,15+/m0/s1. The van der Waals surface area contributed by atoms with Crippen molar-refractivity contribution in [3.8, 4) is 0 Å². The second-order valence-electron chi connectivity index (χ2n) is 6.47. The number of amides is 2. The Bertz CT molecular complexity index is 422. The van der Waals surface area contributed by atoms with E-state index in [1.54, 1.807) is 4.90 Å². The molecule has 3 aliphatic rings. The first-order valence-corrected chi connectivity index (χ1v) is 7.96. The number of hydrogen-bond acceptors (Lipinski definition) is 4. The van der Waals surface area contributed by atoms with Crippen LogP contribution in [-0.4, -0.2) is 60.8 Å². The van der Waals surface area contributed by atoms with E-state index in [0.29, 0.717) is 45.7 Å². The van der Waals surface area contributed by atoms with Crippen molar-refractivity contribution in [3.05, 3.63) is 0 Å². The van der Waals surface area contributed by atoms with Gasteiger partial charge in [-0.15, -0.1) is 0 Å². The lowest BCUT2D eigenvalue weighted by Gasteiger charge is -2.47. The van der Waals surface area contributed by atoms with Gasteiger partial charge in [0, 0.05) is 38.8 Å². The van der Waals surface area contributed by atoms with Crippen LogP contribution in [0.15, 0.2) is 0 Å². The highest BCUT2D eigenvalue weighted by Crippen LogP contribution is 2.38. The number of aliphatic hydroxyl groups is 1. The molecule has 0 radical (unpaired) electrons. The van der Waals surface area contributed by atoms with Gasteiger partial charge in [-0.1, -0.05) is 0 Å². The van der Waals surface area contributed by atoms with E-state index in [2.05, 4.69) is 5.32 Å². The molecular formula is C15H24N2O4. The van der Waals surface area contributed by atoms with E-state index in [1.165, 1.54) is 0 Å². The smallest absolute Gasteiger partial charge is 0.230 e. The van der Waals surface area contributed by atoms with Crippen molar-refractivity contribution in [1.82, 2.24) is 10.2 Å². The number of rotatable bonds is 1. The minimum Gasteiger partial charge on any atom is -0.392 e. The van der Waals surface area contributed by atoms with Gasteiger partial charge in [0.15, 0.2) is 0 Å². The van der Waals surface area contributed by atoms with Crippen LogP contribution in [0.3, 0.4) is 0 Å². The molecule has 0 aromatic heterocycles. The number of piperidine rings is 2. The number of ether oxygens (including phenoxy) is 1. The van der Waals surface area contributed by atoms with Crippen LogP contribution in [0.5, 0.6) is 0 Å². The molecule has 0 saturated carbocycles. The van der Waals surface area contributed by atoms with Crippen molar-refractivity contribution in [2.75, 3.05) is 32.8 Å². The first-order chi connectivity index (χ1) is 10.1. The Kier molecular flexibility index (Phi) is 4.17. The van der Waals surface area contributed by atoms with Gasteiger partial charge >= 0.3 is 0 Å². The van der Waals surface area contributed by atoms with Gasteiger partial charge in [-0.2, -0.15) is 0 Å². The summed E-state index contributed by atoms with van der Waals surface area (Å²) < 4.78 is 5.31. The second-order valence-corrected chi connectivity index (χ2v) is 6.47. The van der Waals surface area contributed by atoms with Gasteiger partial charge in [0.2, 0.25) is 11.8 Å². The van der Waals surface area contributed by atoms with Gasteiger partial charge < -0.3 is 20.1 Å². The van der Waals surface area contributed by atoms with Crippen LogP contribution in [0.4, 0.5) is 0 Å². The zero-order valence-electron chi connectivity index (χ0n) is 12.3. The number of carbonyl (C=O) groups excluding carboxylic acids is 2. The Labute approximate surface area is 124 Å². The van der Waals surface area contributed by atoms with Gasteiger partial charge in [0.25, 0.3) is 0 Å². The zero-order chi connectivity index (χ0) is 14.9. The minimum absolute atomic E-state index is 0.0118. The molecule has 2 atom stereocenters. The highest BCUT2D eigenvalue weighted by molar-refractivity contribution is 5.86. The number of nitrogens with zero attached hydrogens (tertiary/aromatic N) is 1. The molecule has 3 rings (SSSR count). The van der Waals surface area contributed by atoms with Crippen molar-refractivity contribution >= 4 is 11.8 Å². The summed E-state index contributed by atoms with van der Waals surface area (Å²) in [5, 5.41) is 13.2. The summed E-state index contributed by atoms with van der Waals surface area (Å²) >= 11 is 0. The largest absolute Gasteiger partial charge is 0.392 e. The Morgan fingerprint density at radius 2 is 2.10 bits per heavy atom. The molecule has 0 unspecified atom stereocenters. The van der Waals surface area contributed by atoms with Crippen molar-refractivity contribution in [1.29, 1.82) is 0 Å². The summed E-state index contributed by atoms with van der Waals surface area (Å²) in [5.74, 6) is 0.0476. The van der Waals surface area contributed by atoms with Crippen LogP contribution in [0.25, 0.3) is 0 Å². The van der Waals surface area contributed by atoms with Crippen LogP contribution in [0.1, 0.15) is 32.1 Å². The van der Waals surface area contributed by atoms with Gasteiger partial charge in [0.1, 0.15) is 0 Å². The maximum Gasteiger partial charge on any atom is 0.230 e. The average molecular weight is 296 g/mol. The van der Waals surface area contributed by atoms with E-state index < -0.39 is 11.5 Å². The fourth-order valence-electron chi connectivity index (χ4n) is 3.83. The molecule has 3 fully saturated rings. The Morgan fingerprint density at radius 3 is 2.81 bits per heavy atom. The SMILES string of the molecule is O=C(C1CCOCC1)N1CC[C@H](O)[C@@]2(CCCNC2=O)C1. The van der Waals surface area contributed by atoms with Gasteiger partial charge in [-0.25, -0.2) is 0 Å². The third-order valence-corrected chi connectivity index (χ3v) is 5.20. The topological polar surface area (TPSA) is 78.9 Å².